The van der Waals surface area contributed by atoms with Gasteiger partial charge in [-0.3, -0.25) is 4.90 Å². The summed E-state index contributed by atoms with van der Waals surface area (Å²) in [5.74, 6) is 0. The monoisotopic (exact) mass is 219 g/mol. The largest absolute Gasteiger partial charge is 0.388 e. The lowest BCUT2D eigenvalue weighted by Crippen LogP contribution is -2.28. The van der Waals surface area contributed by atoms with Crippen LogP contribution < -0.4 is 15.5 Å². The number of hydrogen-bond acceptors (Lipinski definition) is 2. The smallest absolute Gasteiger partial charge is 0.322 e. The standard InChI is InChI=1S/C12H17N3O/c1-3-9-8-15(12(16)14-9)11-6-4-5-10(7-11)13-2/h4-7,9,13H,3,8H2,1-2H3,(H,14,16). The fourth-order valence-electron chi connectivity index (χ4n) is 1.88. The van der Waals surface area contributed by atoms with E-state index < -0.39 is 0 Å². The number of hydrogen-bond donors (Lipinski definition) is 2. The van der Waals surface area contributed by atoms with Crippen LogP contribution in [0.5, 0.6) is 0 Å². The Balaban J connectivity index is 2.20. The minimum atomic E-state index is 0.0000954. The minimum absolute atomic E-state index is 0.0000954. The molecule has 86 valence electrons. The van der Waals surface area contributed by atoms with Crippen molar-refractivity contribution in [2.24, 2.45) is 0 Å². The zero-order chi connectivity index (χ0) is 11.5. The van der Waals surface area contributed by atoms with Gasteiger partial charge in [-0.2, -0.15) is 0 Å². The minimum Gasteiger partial charge on any atom is -0.388 e. The molecule has 1 unspecified atom stereocenters. The number of carbonyl (C=O) groups is 1. The lowest BCUT2D eigenvalue weighted by atomic mass is 10.2. The molecule has 0 spiro atoms. The third-order valence-corrected chi connectivity index (χ3v) is 2.92. The average Bonchev–Trinajstić information content (AvgIpc) is 2.71. The summed E-state index contributed by atoms with van der Waals surface area (Å²) in [5.41, 5.74) is 1.96. The maximum absolute atomic E-state index is 11.7. The first-order valence-corrected chi connectivity index (χ1v) is 5.60. The Hall–Kier alpha value is -1.71. The van der Waals surface area contributed by atoms with E-state index in [0.717, 1.165) is 24.3 Å². The van der Waals surface area contributed by atoms with E-state index in [0.29, 0.717) is 0 Å². The number of nitrogens with zero attached hydrogens (tertiary/aromatic N) is 1. The normalized spacial score (nSPS) is 19.8. The zero-order valence-corrected chi connectivity index (χ0v) is 9.66. The molecule has 16 heavy (non-hydrogen) atoms. The Morgan fingerprint density at radius 3 is 3.00 bits per heavy atom. The highest BCUT2D eigenvalue weighted by molar-refractivity contribution is 5.95. The Bertz CT molecular complexity index is 392. The molecule has 2 rings (SSSR count). The fraction of sp³-hybridized carbons (Fsp3) is 0.417. The average molecular weight is 219 g/mol. The highest BCUT2D eigenvalue weighted by atomic mass is 16.2. The van der Waals surface area contributed by atoms with Gasteiger partial charge in [0.05, 0.1) is 0 Å². The molecule has 1 aliphatic heterocycles. The topological polar surface area (TPSA) is 44.4 Å². The number of amides is 2. The van der Waals surface area contributed by atoms with Gasteiger partial charge >= 0.3 is 6.03 Å². The van der Waals surface area contributed by atoms with Gasteiger partial charge in [0.2, 0.25) is 0 Å². The van der Waals surface area contributed by atoms with Crippen LogP contribution in [0, 0.1) is 0 Å². The summed E-state index contributed by atoms with van der Waals surface area (Å²) in [6, 6.07) is 8.14. The summed E-state index contributed by atoms with van der Waals surface area (Å²) < 4.78 is 0. The van der Waals surface area contributed by atoms with Crippen LogP contribution in [0.25, 0.3) is 0 Å². The maximum atomic E-state index is 11.7. The van der Waals surface area contributed by atoms with Crippen molar-refractivity contribution in [1.29, 1.82) is 0 Å². The quantitative estimate of drug-likeness (QED) is 0.817. The highest BCUT2D eigenvalue weighted by Gasteiger charge is 2.28. The van der Waals surface area contributed by atoms with Crippen molar-refractivity contribution in [2.45, 2.75) is 19.4 Å². The van der Waals surface area contributed by atoms with Crippen LogP contribution in [0.15, 0.2) is 24.3 Å². The summed E-state index contributed by atoms with van der Waals surface area (Å²) >= 11 is 0. The fourth-order valence-corrected chi connectivity index (χ4v) is 1.88. The van der Waals surface area contributed by atoms with E-state index in [9.17, 15) is 4.79 Å². The second kappa shape index (κ2) is 4.43. The molecular formula is C12H17N3O. The van der Waals surface area contributed by atoms with Gasteiger partial charge in [0, 0.05) is 31.0 Å². The zero-order valence-electron chi connectivity index (χ0n) is 9.66. The number of rotatable bonds is 3. The SMILES string of the molecule is CCC1CN(c2cccc(NC)c2)C(=O)N1. The van der Waals surface area contributed by atoms with Gasteiger partial charge in [-0.15, -0.1) is 0 Å². The van der Waals surface area contributed by atoms with Crippen molar-refractivity contribution in [2.75, 3.05) is 23.8 Å². The maximum Gasteiger partial charge on any atom is 0.322 e. The number of nitrogens with one attached hydrogen (secondary N) is 2. The van der Waals surface area contributed by atoms with Gasteiger partial charge in [0.1, 0.15) is 0 Å². The predicted octanol–water partition coefficient (Wildman–Crippen LogP) is 2.04. The summed E-state index contributed by atoms with van der Waals surface area (Å²) in [5, 5.41) is 6.03. The molecule has 0 saturated carbocycles. The van der Waals surface area contributed by atoms with E-state index in [2.05, 4.69) is 17.6 Å². The summed E-state index contributed by atoms with van der Waals surface area (Å²) in [6.07, 6.45) is 0.966. The van der Waals surface area contributed by atoms with Crippen molar-refractivity contribution >= 4 is 17.4 Å². The van der Waals surface area contributed by atoms with Crippen LogP contribution in [0.1, 0.15) is 13.3 Å². The third kappa shape index (κ3) is 1.96. The molecule has 1 aliphatic rings. The van der Waals surface area contributed by atoms with Crippen LogP contribution in [-0.2, 0) is 0 Å². The molecule has 1 heterocycles. The first-order valence-electron chi connectivity index (χ1n) is 5.60. The van der Waals surface area contributed by atoms with Crippen molar-refractivity contribution in [3.63, 3.8) is 0 Å². The molecule has 1 aromatic carbocycles. The number of anilines is 2. The van der Waals surface area contributed by atoms with E-state index >= 15 is 0 Å². The molecule has 0 aliphatic carbocycles. The van der Waals surface area contributed by atoms with Gasteiger partial charge in [0.15, 0.2) is 0 Å². The third-order valence-electron chi connectivity index (χ3n) is 2.92. The first-order chi connectivity index (χ1) is 7.74. The first kappa shape index (κ1) is 10.8. The predicted molar refractivity (Wildman–Crippen MR) is 65.9 cm³/mol. The second-order valence-corrected chi connectivity index (χ2v) is 3.97. The molecule has 1 saturated heterocycles. The van der Waals surface area contributed by atoms with Crippen LogP contribution in [-0.4, -0.2) is 25.7 Å². The molecular weight excluding hydrogens is 202 g/mol. The van der Waals surface area contributed by atoms with Crippen molar-refractivity contribution in [3.05, 3.63) is 24.3 Å². The molecule has 1 atom stereocenters. The van der Waals surface area contributed by atoms with Crippen molar-refractivity contribution < 1.29 is 4.79 Å². The van der Waals surface area contributed by atoms with Gasteiger partial charge in [-0.05, 0) is 24.6 Å². The van der Waals surface area contributed by atoms with Crippen LogP contribution in [0.2, 0.25) is 0 Å². The summed E-state index contributed by atoms with van der Waals surface area (Å²) in [7, 11) is 1.87. The van der Waals surface area contributed by atoms with Gasteiger partial charge < -0.3 is 10.6 Å². The van der Waals surface area contributed by atoms with Crippen LogP contribution in [0.4, 0.5) is 16.2 Å². The Morgan fingerprint density at radius 1 is 1.56 bits per heavy atom. The lowest BCUT2D eigenvalue weighted by molar-refractivity contribution is 0.250. The van der Waals surface area contributed by atoms with Crippen LogP contribution in [0.3, 0.4) is 0 Å². The number of urea groups is 1. The van der Waals surface area contributed by atoms with Crippen molar-refractivity contribution in [3.8, 4) is 0 Å². The molecule has 2 N–H and O–H groups in total. The molecule has 2 amide bonds. The molecule has 4 heteroatoms. The van der Waals surface area contributed by atoms with Gasteiger partial charge in [-0.25, -0.2) is 4.79 Å². The van der Waals surface area contributed by atoms with Gasteiger partial charge in [-0.1, -0.05) is 13.0 Å². The lowest BCUT2D eigenvalue weighted by Gasteiger charge is -2.15. The van der Waals surface area contributed by atoms with Crippen LogP contribution >= 0.6 is 0 Å². The van der Waals surface area contributed by atoms with E-state index in [1.165, 1.54) is 0 Å². The van der Waals surface area contributed by atoms with E-state index in [-0.39, 0.29) is 12.1 Å². The Labute approximate surface area is 95.6 Å². The van der Waals surface area contributed by atoms with Gasteiger partial charge in [0.25, 0.3) is 0 Å². The van der Waals surface area contributed by atoms with E-state index in [1.807, 2.05) is 31.3 Å². The molecule has 1 aromatic rings. The summed E-state index contributed by atoms with van der Waals surface area (Å²) in [6.45, 7) is 2.83. The van der Waals surface area contributed by atoms with E-state index in [4.69, 9.17) is 0 Å². The Morgan fingerprint density at radius 2 is 2.38 bits per heavy atom. The van der Waals surface area contributed by atoms with Crippen molar-refractivity contribution in [1.82, 2.24) is 5.32 Å². The molecule has 0 bridgehead atoms. The molecule has 4 nitrogen and oxygen atoms in total. The van der Waals surface area contributed by atoms with E-state index in [1.54, 1.807) is 4.90 Å². The Kier molecular flexibility index (Phi) is 2.99. The molecule has 0 aromatic heterocycles. The molecule has 0 radical (unpaired) electrons. The summed E-state index contributed by atoms with van der Waals surface area (Å²) in [4.78, 5) is 13.5. The number of benzene rings is 1. The second-order valence-electron chi connectivity index (χ2n) is 3.97. The number of carbonyl (C=O) groups excluding carboxylic acids is 1. The molecule has 1 fully saturated rings. The highest BCUT2D eigenvalue weighted by Crippen LogP contribution is 2.22.